The number of hydrogen-bond donors (Lipinski definition) is 2. The van der Waals surface area contributed by atoms with Crippen LogP contribution in [0.5, 0.6) is 5.75 Å². The van der Waals surface area contributed by atoms with Gasteiger partial charge in [0, 0.05) is 35.5 Å². The number of pyridine rings is 1. The van der Waals surface area contributed by atoms with E-state index < -0.39 is 16.6 Å². The number of anilines is 1. The van der Waals surface area contributed by atoms with E-state index in [4.69, 9.17) is 0 Å². The number of hydrogen-bond acceptors (Lipinski definition) is 4. The number of benzene rings is 2. The zero-order valence-corrected chi connectivity index (χ0v) is 16.4. The summed E-state index contributed by atoms with van der Waals surface area (Å²) in [6.45, 7) is -2.99. The minimum Gasteiger partial charge on any atom is -0.435 e. The van der Waals surface area contributed by atoms with Gasteiger partial charge in [-0.1, -0.05) is 30.3 Å². The average Bonchev–Trinajstić information content (AvgIpc) is 3.15. The number of sulfonamides is 1. The van der Waals surface area contributed by atoms with Crippen molar-refractivity contribution >= 4 is 26.7 Å². The molecule has 0 fully saturated rings. The molecule has 0 amide bonds. The van der Waals surface area contributed by atoms with Gasteiger partial charge in [0.15, 0.2) is 0 Å². The molecule has 2 N–H and O–H groups in total. The summed E-state index contributed by atoms with van der Waals surface area (Å²) < 4.78 is 58.5. The van der Waals surface area contributed by atoms with Crippen LogP contribution >= 0.6 is 0 Å². The van der Waals surface area contributed by atoms with Gasteiger partial charge in [0.2, 0.25) is 0 Å². The lowest BCUT2D eigenvalue weighted by molar-refractivity contribution is -0.0503. The van der Waals surface area contributed by atoms with Crippen LogP contribution in [0.2, 0.25) is 0 Å². The van der Waals surface area contributed by atoms with Crippen LogP contribution in [0.4, 0.5) is 14.5 Å². The summed E-state index contributed by atoms with van der Waals surface area (Å²) in [5, 5.41) is 0.451. The molecule has 6 nitrogen and oxygen atoms in total. The van der Waals surface area contributed by atoms with Crippen LogP contribution in [0.1, 0.15) is 11.1 Å². The maximum atomic E-state index is 12.9. The van der Waals surface area contributed by atoms with E-state index in [0.29, 0.717) is 23.0 Å². The number of aromatic amines is 1. The molecule has 0 aliphatic rings. The highest BCUT2D eigenvalue weighted by Crippen LogP contribution is 2.29. The van der Waals surface area contributed by atoms with Crippen molar-refractivity contribution in [1.82, 2.24) is 9.97 Å². The smallest absolute Gasteiger partial charge is 0.387 e. The number of halogens is 2. The van der Waals surface area contributed by atoms with Crippen molar-refractivity contribution in [1.29, 1.82) is 0 Å². The lowest BCUT2D eigenvalue weighted by atomic mass is 10.0. The SMILES string of the molecule is O=S(=O)(Nc1ccc(OC(F)F)c(Cc2ccccc2)c1)c1c[nH]c2ncccc12. The maximum Gasteiger partial charge on any atom is 0.387 e. The number of alkyl halides is 2. The molecule has 0 unspecified atom stereocenters. The summed E-state index contributed by atoms with van der Waals surface area (Å²) in [5.41, 5.74) is 1.99. The van der Waals surface area contributed by atoms with E-state index >= 15 is 0 Å². The lowest BCUT2D eigenvalue weighted by Gasteiger charge is -2.14. The van der Waals surface area contributed by atoms with Crippen LogP contribution in [0.3, 0.4) is 0 Å². The Labute approximate surface area is 171 Å². The van der Waals surface area contributed by atoms with Gasteiger partial charge < -0.3 is 9.72 Å². The van der Waals surface area contributed by atoms with Gasteiger partial charge in [0.25, 0.3) is 10.0 Å². The number of rotatable bonds is 7. The fourth-order valence-electron chi connectivity index (χ4n) is 3.17. The average molecular weight is 429 g/mol. The van der Waals surface area contributed by atoms with Gasteiger partial charge in [-0.25, -0.2) is 13.4 Å². The zero-order chi connectivity index (χ0) is 21.1. The largest absolute Gasteiger partial charge is 0.435 e. The highest BCUT2D eigenvalue weighted by molar-refractivity contribution is 7.93. The Morgan fingerprint density at radius 2 is 1.87 bits per heavy atom. The van der Waals surface area contributed by atoms with Crippen LogP contribution in [0.15, 0.2) is 78.0 Å². The summed E-state index contributed by atoms with van der Waals surface area (Å²) in [5.74, 6) is -0.00639. The number of aromatic nitrogens is 2. The van der Waals surface area contributed by atoms with Gasteiger partial charge in [-0.05, 0) is 35.9 Å². The number of ether oxygens (including phenoxy) is 1. The molecule has 0 bridgehead atoms. The summed E-state index contributed by atoms with van der Waals surface area (Å²) in [6.07, 6.45) is 3.22. The van der Waals surface area contributed by atoms with Crippen molar-refractivity contribution in [3.63, 3.8) is 0 Å². The molecule has 2 aromatic heterocycles. The molecule has 0 atom stereocenters. The second-order valence-electron chi connectivity index (χ2n) is 6.52. The zero-order valence-electron chi connectivity index (χ0n) is 15.5. The Morgan fingerprint density at radius 1 is 1.07 bits per heavy atom. The Kier molecular flexibility index (Phi) is 5.37. The molecular weight excluding hydrogens is 412 g/mol. The number of fused-ring (bicyclic) bond motifs is 1. The Morgan fingerprint density at radius 3 is 2.63 bits per heavy atom. The fourth-order valence-corrected chi connectivity index (χ4v) is 4.39. The van der Waals surface area contributed by atoms with E-state index in [1.807, 2.05) is 30.3 Å². The van der Waals surface area contributed by atoms with Crippen molar-refractivity contribution in [2.24, 2.45) is 0 Å². The van der Waals surface area contributed by atoms with Crippen LogP contribution in [0.25, 0.3) is 11.0 Å². The number of H-pyrrole nitrogens is 1. The summed E-state index contributed by atoms with van der Waals surface area (Å²) in [4.78, 5) is 6.95. The third kappa shape index (κ3) is 4.25. The normalized spacial score (nSPS) is 11.7. The molecule has 154 valence electrons. The predicted molar refractivity (Wildman–Crippen MR) is 109 cm³/mol. The van der Waals surface area contributed by atoms with Crippen molar-refractivity contribution < 1.29 is 21.9 Å². The first kappa shape index (κ1) is 19.8. The summed E-state index contributed by atoms with van der Waals surface area (Å²) in [6, 6.07) is 16.7. The third-order valence-electron chi connectivity index (χ3n) is 4.47. The third-order valence-corrected chi connectivity index (χ3v) is 5.89. The topological polar surface area (TPSA) is 84.1 Å². The highest BCUT2D eigenvalue weighted by Gasteiger charge is 2.20. The predicted octanol–water partition coefficient (Wildman–Crippen LogP) is 4.56. The second kappa shape index (κ2) is 8.11. The molecule has 4 aromatic rings. The summed E-state index contributed by atoms with van der Waals surface area (Å²) in [7, 11) is -3.93. The highest BCUT2D eigenvalue weighted by atomic mass is 32.2. The van der Waals surface area contributed by atoms with Crippen molar-refractivity contribution in [2.75, 3.05) is 4.72 Å². The molecule has 9 heteroatoms. The van der Waals surface area contributed by atoms with E-state index in [0.717, 1.165) is 5.56 Å². The van der Waals surface area contributed by atoms with E-state index in [1.54, 1.807) is 18.3 Å². The molecule has 0 radical (unpaired) electrons. The maximum absolute atomic E-state index is 12.9. The Balaban J connectivity index is 1.67. The first-order valence-electron chi connectivity index (χ1n) is 8.99. The number of nitrogens with one attached hydrogen (secondary N) is 2. The molecule has 0 aliphatic carbocycles. The van der Waals surface area contributed by atoms with Crippen molar-refractivity contribution in [3.8, 4) is 5.75 Å². The molecule has 4 rings (SSSR count). The summed E-state index contributed by atoms with van der Waals surface area (Å²) >= 11 is 0. The van der Waals surface area contributed by atoms with E-state index in [9.17, 15) is 17.2 Å². The van der Waals surface area contributed by atoms with E-state index in [2.05, 4.69) is 19.4 Å². The monoisotopic (exact) mass is 429 g/mol. The fraction of sp³-hybridized carbons (Fsp3) is 0.0952. The van der Waals surface area contributed by atoms with Gasteiger partial charge in [-0.3, -0.25) is 4.72 Å². The van der Waals surface area contributed by atoms with E-state index in [1.165, 1.54) is 24.4 Å². The molecule has 0 spiro atoms. The second-order valence-corrected chi connectivity index (χ2v) is 8.17. The van der Waals surface area contributed by atoms with Crippen molar-refractivity contribution in [3.05, 3.63) is 84.2 Å². The van der Waals surface area contributed by atoms with Crippen LogP contribution in [-0.4, -0.2) is 25.0 Å². The van der Waals surface area contributed by atoms with Gasteiger partial charge in [0.05, 0.1) is 0 Å². The minimum absolute atomic E-state index is 0.00639. The molecule has 0 saturated carbocycles. The molecular formula is C21H17F2N3O3S. The van der Waals surface area contributed by atoms with Gasteiger partial charge in [-0.2, -0.15) is 8.78 Å². The molecule has 0 aliphatic heterocycles. The van der Waals surface area contributed by atoms with E-state index in [-0.39, 0.29) is 16.3 Å². The van der Waals surface area contributed by atoms with Gasteiger partial charge in [0.1, 0.15) is 16.3 Å². The van der Waals surface area contributed by atoms with Gasteiger partial charge in [-0.15, -0.1) is 0 Å². The molecule has 2 heterocycles. The molecule has 0 saturated heterocycles. The number of nitrogens with zero attached hydrogens (tertiary/aromatic N) is 1. The van der Waals surface area contributed by atoms with Crippen LogP contribution < -0.4 is 9.46 Å². The Hall–Kier alpha value is -3.46. The Bertz CT molecular complexity index is 1280. The first-order valence-corrected chi connectivity index (χ1v) is 10.5. The molecule has 30 heavy (non-hydrogen) atoms. The quantitative estimate of drug-likeness (QED) is 0.451. The minimum atomic E-state index is -3.93. The van der Waals surface area contributed by atoms with Crippen LogP contribution in [-0.2, 0) is 16.4 Å². The van der Waals surface area contributed by atoms with Crippen LogP contribution in [0, 0.1) is 0 Å². The van der Waals surface area contributed by atoms with Gasteiger partial charge >= 0.3 is 6.61 Å². The molecule has 2 aromatic carbocycles. The lowest BCUT2D eigenvalue weighted by Crippen LogP contribution is -2.13. The van der Waals surface area contributed by atoms with Crippen molar-refractivity contribution in [2.45, 2.75) is 17.9 Å². The first-order chi connectivity index (χ1) is 14.4. The standard InChI is InChI=1S/C21H17F2N3O3S/c22-21(23)29-18-9-8-16(12-15(18)11-14-5-2-1-3-6-14)26-30(27,28)19-13-25-20-17(19)7-4-10-24-20/h1-10,12-13,21,26H,11H2,(H,24,25).